The van der Waals surface area contributed by atoms with E-state index in [4.69, 9.17) is 10.4 Å². The van der Waals surface area contributed by atoms with Crippen molar-refractivity contribution in [2.24, 2.45) is 5.11 Å². The lowest BCUT2D eigenvalue weighted by Gasteiger charge is -2.13. The lowest BCUT2D eigenvalue weighted by molar-refractivity contribution is -0.386. The molecule has 0 saturated carbocycles. The number of benzene rings is 1. The number of carbonyl (C=O) groups is 2. The van der Waals surface area contributed by atoms with E-state index in [2.05, 4.69) is 10.0 Å². The largest absolute Gasteiger partial charge is 0.275 e. The van der Waals surface area contributed by atoms with Crippen molar-refractivity contribution >= 4 is 23.2 Å². The van der Waals surface area contributed by atoms with Gasteiger partial charge in [0.25, 0.3) is 17.5 Å². The van der Waals surface area contributed by atoms with Gasteiger partial charge in [-0.15, -0.1) is 0 Å². The third kappa shape index (κ3) is 3.14. The zero-order valence-corrected chi connectivity index (χ0v) is 10.7. The molecule has 0 bridgehead atoms. The normalized spacial score (nSPS) is 14.2. The summed E-state index contributed by atoms with van der Waals surface area (Å²) in [6, 6.07) is 3.82. The van der Waals surface area contributed by atoms with Gasteiger partial charge in [-0.3, -0.25) is 24.5 Å². The first-order valence-electron chi connectivity index (χ1n) is 5.86. The molecule has 1 aliphatic heterocycles. The van der Waals surface area contributed by atoms with Crippen molar-refractivity contribution in [1.29, 1.82) is 5.53 Å². The van der Waals surface area contributed by atoms with Gasteiger partial charge in [0.1, 0.15) is 12.1 Å². The molecule has 0 radical (unpaired) electrons. The summed E-state index contributed by atoms with van der Waals surface area (Å²) in [4.78, 5) is 41.0. The molecule has 108 valence electrons. The van der Waals surface area contributed by atoms with Crippen LogP contribution in [0.4, 0.5) is 11.4 Å². The molecule has 2 rings (SSSR count). The summed E-state index contributed by atoms with van der Waals surface area (Å²) in [6.45, 7) is -0.338. The highest BCUT2D eigenvalue weighted by molar-refractivity contribution is 6.00. The van der Waals surface area contributed by atoms with Crippen molar-refractivity contribution < 1.29 is 19.3 Å². The van der Waals surface area contributed by atoms with E-state index in [0.717, 1.165) is 0 Å². The quantitative estimate of drug-likeness (QED) is 0.287. The molecule has 10 nitrogen and oxygen atoms in total. The third-order valence-electron chi connectivity index (χ3n) is 2.78. The van der Waals surface area contributed by atoms with Gasteiger partial charge in [-0.2, -0.15) is 5.06 Å². The van der Waals surface area contributed by atoms with Crippen LogP contribution in [0.2, 0.25) is 0 Å². The minimum Gasteiger partial charge on any atom is -0.272 e. The first-order chi connectivity index (χ1) is 10.0. The van der Waals surface area contributed by atoms with E-state index in [1.807, 2.05) is 0 Å². The van der Waals surface area contributed by atoms with Crippen LogP contribution in [-0.4, -0.2) is 21.8 Å². The number of carbonyl (C=O) groups excluding carboxylic acids is 2. The second kappa shape index (κ2) is 5.99. The molecular weight excluding hydrogens is 282 g/mol. The van der Waals surface area contributed by atoms with Crippen LogP contribution in [0.25, 0.3) is 0 Å². The minimum absolute atomic E-state index is 0.0635. The number of amides is 2. The highest BCUT2D eigenvalue weighted by atomic mass is 16.7. The van der Waals surface area contributed by atoms with Gasteiger partial charge in [-0.1, -0.05) is 0 Å². The Labute approximate surface area is 117 Å². The van der Waals surface area contributed by atoms with Gasteiger partial charge < -0.3 is 0 Å². The molecule has 0 unspecified atom stereocenters. The Morgan fingerprint density at radius 3 is 2.62 bits per heavy atom. The summed E-state index contributed by atoms with van der Waals surface area (Å²) in [6.07, 6.45) is 0.127. The van der Waals surface area contributed by atoms with Crippen molar-refractivity contribution in [2.75, 3.05) is 0 Å². The van der Waals surface area contributed by atoms with Crippen LogP contribution < -0.4 is 4.91 Å². The second-order valence-corrected chi connectivity index (χ2v) is 4.13. The van der Waals surface area contributed by atoms with Crippen LogP contribution in [0.1, 0.15) is 18.4 Å². The maximum absolute atomic E-state index is 11.4. The summed E-state index contributed by atoms with van der Waals surface area (Å²) in [5, 5.41) is 15.0. The molecule has 1 fully saturated rings. The maximum Gasteiger partial charge on any atom is 0.275 e. The molecule has 1 aromatic rings. The Balaban J connectivity index is 2.22. The van der Waals surface area contributed by atoms with Gasteiger partial charge in [0.15, 0.2) is 10.8 Å². The molecule has 1 heterocycles. The standard InChI is InChI=1S/C11H10N5O5/c12-14-13-8-1-2-9(16(19)20)7(5-8)6-21-15-10(17)3-4-11(15)18/h1-2,5,12H,3-4,6H2/q+1. The molecule has 0 aliphatic carbocycles. The minimum atomic E-state index is -0.617. The summed E-state index contributed by atoms with van der Waals surface area (Å²) < 4.78 is 0. The SMILES string of the molecule is N=[N+]=Nc1ccc([N+](=O)[O-])c(CON2C(=O)CCC2=O)c1. The smallest absolute Gasteiger partial charge is 0.272 e. The molecule has 0 atom stereocenters. The highest BCUT2D eigenvalue weighted by Crippen LogP contribution is 2.25. The number of nitro groups is 1. The lowest BCUT2D eigenvalue weighted by Crippen LogP contribution is -2.29. The molecule has 1 aliphatic rings. The van der Waals surface area contributed by atoms with Gasteiger partial charge >= 0.3 is 0 Å². The van der Waals surface area contributed by atoms with Crippen molar-refractivity contribution in [2.45, 2.75) is 19.4 Å². The Kier molecular flexibility index (Phi) is 4.12. The van der Waals surface area contributed by atoms with Crippen LogP contribution in [0.15, 0.2) is 23.3 Å². The zero-order valence-electron chi connectivity index (χ0n) is 10.7. The van der Waals surface area contributed by atoms with Crippen molar-refractivity contribution in [3.05, 3.63) is 33.9 Å². The van der Waals surface area contributed by atoms with Crippen LogP contribution in [0.3, 0.4) is 0 Å². The van der Waals surface area contributed by atoms with Crippen LogP contribution in [0.5, 0.6) is 0 Å². The first kappa shape index (κ1) is 14.4. The van der Waals surface area contributed by atoms with Crippen molar-refractivity contribution in [1.82, 2.24) is 9.97 Å². The predicted octanol–water partition coefficient (Wildman–Crippen LogP) is 1.36. The number of rotatable bonds is 5. The number of nitrogens with zero attached hydrogens (tertiary/aromatic N) is 4. The summed E-state index contributed by atoms with van der Waals surface area (Å²) in [5.41, 5.74) is 6.75. The molecule has 0 aromatic heterocycles. The van der Waals surface area contributed by atoms with E-state index >= 15 is 0 Å². The number of hydroxylamine groups is 2. The molecule has 21 heavy (non-hydrogen) atoms. The van der Waals surface area contributed by atoms with E-state index in [-0.39, 0.29) is 36.4 Å². The second-order valence-electron chi connectivity index (χ2n) is 4.13. The van der Waals surface area contributed by atoms with Crippen molar-refractivity contribution in [3.63, 3.8) is 0 Å². The van der Waals surface area contributed by atoms with E-state index in [9.17, 15) is 19.7 Å². The third-order valence-corrected chi connectivity index (χ3v) is 2.78. The molecule has 1 saturated heterocycles. The first-order valence-corrected chi connectivity index (χ1v) is 5.86. The van der Waals surface area contributed by atoms with Gasteiger partial charge in [0, 0.05) is 18.9 Å². The van der Waals surface area contributed by atoms with Crippen LogP contribution in [0, 0.1) is 15.6 Å². The van der Waals surface area contributed by atoms with E-state index in [1.165, 1.54) is 18.2 Å². The number of nitrogens with one attached hydrogen (secondary N) is 1. The van der Waals surface area contributed by atoms with Gasteiger partial charge in [0.05, 0.1) is 10.5 Å². The van der Waals surface area contributed by atoms with Gasteiger partial charge in [-0.05, 0) is 12.1 Å². The zero-order chi connectivity index (χ0) is 15.4. The summed E-state index contributed by atoms with van der Waals surface area (Å²) in [5.74, 6) is -0.964. The fourth-order valence-corrected chi connectivity index (χ4v) is 1.82. The molecule has 1 N–H and O–H groups in total. The molecule has 2 amide bonds. The van der Waals surface area contributed by atoms with Crippen LogP contribution in [-0.2, 0) is 21.0 Å². The average Bonchev–Trinajstić information content (AvgIpc) is 2.76. The monoisotopic (exact) mass is 292 g/mol. The van der Waals surface area contributed by atoms with Crippen molar-refractivity contribution in [3.8, 4) is 0 Å². The van der Waals surface area contributed by atoms with E-state index in [0.29, 0.717) is 5.06 Å². The van der Waals surface area contributed by atoms with Gasteiger partial charge in [-0.25, -0.2) is 0 Å². The highest BCUT2D eigenvalue weighted by Gasteiger charge is 2.31. The topological polar surface area (TPSA) is 140 Å². The number of hydrogen-bond acceptors (Lipinski definition) is 7. The van der Waals surface area contributed by atoms with Crippen LogP contribution >= 0.6 is 0 Å². The lowest BCUT2D eigenvalue weighted by atomic mass is 10.1. The fourth-order valence-electron chi connectivity index (χ4n) is 1.82. The van der Waals surface area contributed by atoms with E-state index in [1.54, 1.807) is 0 Å². The number of nitro benzene ring substituents is 1. The summed E-state index contributed by atoms with van der Waals surface area (Å²) >= 11 is 0. The van der Waals surface area contributed by atoms with Gasteiger partial charge in [0.2, 0.25) is 4.91 Å². The molecule has 0 spiro atoms. The Morgan fingerprint density at radius 1 is 1.38 bits per heavy atom. The Hall–Kier alpha value is -2.97. The Morgan fingerprint density at radius 2 is 2.05 bits per heavy atom. The Bertz CT molecular complexity index is 651. The average molecular weight is 292 g/mol. The molecule has 10 heteroatoms. The number of imide groups is 1. The van der Waals surface area contributed by atoms with E-state index < -0.39 is 16.7 Å². The number of hydrogen-bond donors (Lipinski definition) is 1. The fraction of sp³-hybridized carbons (Fsp3) is 0.273. The summed E-state index contributed by atoms with van der Waals surface area (Å²) in [7, 11) is 0. The predicted molar refractivity (Wildman–Crippen MR) is 65.9 cm³/mol. The maximum atomic E-state index is 11.4. The molecular formula is C11H10N5O5+. The molecule has 1 aromatic carbocycles.